The molecule has 0 aromatic carbocycles. The highest BCUT2D eigenvalue weighted by molar-refractivity contribution is 9.11. The summed E-state index contributed by atoms with van der Waals surface area (Å²) >= 11 is 6.90. The summed E-state index contributed by atoms with van der Waals surface area (Å²) < 4.78 is 1.17. The summed E-state index contributed by atoms with van der Waals surface area (Å²) in [6.07, 6.45) is 0. The monoisotopic (exact) mass is 345 g/mol. The van der Waals surface area contributed by atoms with Crippen molar-refractivity contribution in [2.75, 3.05) is 0 Å². The van der Waals surface area contributed by atoms with Crippen molar-refractivity contribution in [1.29, 1.82) is 0 Å². The molecule has 0 amide bonds. The van der Waals surface area contributed by atoms with Crippen LogP contribution in [0.15, 0.2) is 9.85 Å². The van der Waals surface area contributed by atoms with Crippen LogP contribution in [0.2, 0.25) is 0 Å². The van der Waals surface area contributed by atoms with Gasteiger partial charge < -0.3 is 5.32 Å². The van der Waals surface area contributed by atoms with Crippen LogP contribution in [0.3, 0.4) is 0 Å². The Hall–Kier alpha value is -0.300. The lowest BCUT2D eigenvalue weighted by Gasteiger charge is -2.19. The summed E-state index contributed by atoms with van der Waals surface area (Å²) in [7, 11) is 0. The molecule has 0 radical (unpaired) electrons. The Morgan fingerprint density at radius 2 is 2.00 bits per heavy atom. The first kappa shape index (κ1) is 14.1. The smallest absolute Gasteiger partial charge is 0.157 e. The summed E-state index contributed by atoms with van der Waals surface area (Å²) in [4.78, 5) is 1.18. The largest absolute Gasteiger partial charge is 0.306 e. The molecule has 0 aliphatic carbocycles. The van der Waals surface area contributed by atoms with Gasteiger partial charge in [-0.15, -0.1) is 21.5 Å². The van der Waals surface area contributed by atoms with E-state index in [9.17, 15) is 0 Å². The molecule has 0 saturated heterocycles. The minimum Gasteiger partial charge on any atom is -0.306 e. The predicted octanol–water partition coefficient (Wildman–Crippen LogP) is 4.23. The zero-order valence-electron chi connectivity index (χ0n) is 10.9. The van der Waals surface area contributed by atoms with Crippen LogP contribution < -0.4 is 5.32 Å². The highest BCUT2D eigenvalue weighted by Gasteiger charge is 2.13. The van der Waals surface area contributed by atoms with Gasteiger partial charge in [-0.1, -0.05) is 11.3 Å². The molecule has 98 valence electrons. The summed E-state index contributed by atoms with van der Waals surface area (Å²) in [5, 5.41) is 13.9. The zero-order valence-corrected chi connectivity index (χ0v) is 14.1. The van der Waals surface area contributed by atoms with E-state index >= 15 is 0 Å². The molecule has 0 bridgehead atoms. The summed E-state index contributed by atoms with van der Waals surface area (Å²) in [5.74, 6) is 0. The van der Waals surface area contributed by atoms with Gasteiger partial charge in [0.15, 0.2) is 5.01 Å². The summed E-state index contributed by atoms with van der Waals surface area (Å²) in [6.45, 7) is 9.30. The fraction of sp³-hybridized carbons (Fsp3) is 0.500. The van der Waals surface area contributed by atoms with Crippen molar-refractivity contribution < 1.29 is 0 Å². The fourth-order valence-corrected chi connectivity index (χ4v) is 3.69. The highest BCUT2D eigenvalue weighted by Crippen LogP contribution is 2.35. The molecule has 6 heteroatoms. The van der Waals surface area contributed by atoms with Crippen molar-refractivity contribution in [1.82, 2.24) is 15.5 Å². The van der Waals surface area contributed by atoms with Crippen molar-refractivity contribution >= 4 is 38.6 Å². The van der Waals surface area contributed by atoms with Crippen LogP contribution in [0, 0.1) is 6.92 Å². The third-order valence-electron chi connectivity index (χ3n) is 2.30. The summed E-state index contributed by atoms with van der Waals surface area (Å²) in [5.41, 5.74) is 1.36. The van der Waals surface area contributed by atoms with Gasteiger partial charge in [-0.2, -0.15) is 0 Å². The standard InChI is InChI=1S/C12H16BrN3S2/c1-7-5-8(17-10(7)13)11-16-15-9(18-11)6-14-12(2,3)4/h5,14H,6H2,1-4H3. The first-order valence-corrected chi connectivity index (χ1v) is 8.11. The molecule has 3 nitrogen and oxygen atoms in total. The van der Waals surface area contributed by atoms with Gasteiger partial charge in [-0.05, 0) is 55.3 Å². The molecule has 2 rings (SSSR count). The van der Waals surface area contributed by atoms with Crippen LogP contribution >= 0.6 is 38.6 Å². The van der Waals surface area contributed by atoms with E-state index in [1.165, 1.54) is 14.2 Å². The maximum atomic E-state index is 4.26. The quantitative estimate of drug-likeness (QED) is 0.904. The molecule has 0 fully saturated rings. The SMILES string of the molecule is Cc1cc(-c2nnc(CNC(C)(C)C)s2)sc1Br. The van der Waals surface area contributed by atoms with E-state index in [0.29, 0.717) is 0 Å². The van der Waals surface area contributed by atoms with Crippen LogP contribution in [0.4, 0.5) is 0 Å². The molecular formula is C12H16BrN3S2. The molecule has 2 aromatic rings. The number of hydrogen-bond donors (Lipinski definition) is 1. The second-order valence-electron chi connectivity index (χ2n) is 5.17. The van der Waals surface area contributed by atoms with Gasteiger partial charge in [0, 0.05) is 5.54 Å². The number of aryl methyl sites for hydroxylation is 1. The molecule has 0 spiro atoms. The molecule has 2 heterocycles. The molecule has 2 aromatic heterocycles. The van der Waals surface area contributed by atoms with Gasteiger partial charge in [-0.3, -0.25) is 0 Å². The molecule has 0 atom stereocenters. The minimum atomic E-state index is 0.106. The van der Waals surface area contributed by atoms with E-state index in [2.05, 4.69) is 65.2 Å². The molecule has 0 aliphatic heterocycles. The fourth-order valence-electron chi connectivity index (χ4n) is 1.33. The number of aromatic nitrogens is 2. The Morgan fingerprint density at radius 1 is 1.28 bits per heavy atom. The van der Waals surface area contributed by atoms with Crippen molar-refractivity contribution in [3.05, 3.63) is 20.4 Å². The first-order chi connectivity index (χ1) is 8.35. The van der Waals surface area contributed by atoms with E-state index in [0.717, 1.165) is 16.6 Å². The minimum absolute atomic E-state index is 0.106. The number of nitrogens with zero attached hydrogens (tertiary/aromatic N) is 2. The molecule has 0 saturated carbocycles. The normalized spacial score (nSPS) is 12.1. The maximum absolute atomic E-state index is 4.26. The van der Waals surface area contributed by atoms with Gasteiger partial charge in [0.1, 0.15) is 5.01 Å². The first-order valence-electron chi connectivity index (χ1n) is 5.69. The van der Waals surface area contributed by atoms with E-state index in [1.54, 1.807) is 22.7 Å². The number of rotatable bonds is 3. The lowest BCUT2D eigenvalue weighted by atomic mass is 10.1. The van der Waals surface area contributed by atoms with Gasteiger partial charge in [0.2, 0.25) is 0 Å². The second-order valence-corrected chi connectivity index (χ2v) is 8.60. The summed E-state index contributed by atoms with van der Waals surface area (Å²) in [6, 6.07) is 2.15. The van der Waals surface area contributed by atoms with Crippen LogP contribution in [0.5, 0.6) is 0 Å². The maximum Gasteiger partial charge on any atom is 0.157 e. The number of nitrogens with one attached hydrogen (secondary N) is 1. The van der Waals surface area contributed by atoms with Crippen molar-refractivity contribution in [2.45, 2.75) is 39.8 Å². The Bertz CT molecular complexity index is 520. The molecule has 1 N–H and O–H groups in total. The van der Waals surface area contributed by atoms with Gasteiger partial charge in [0.25, 0.3) is 0 Å². The van der Waals surface area contributed by atoms with Crippen LogP contribution in [-0.4, -0.2) is 15.7 Å². The average Bonchev–Trinajstić information content (AvgIpc) is 2.83. The van der Waals surface area contributed by atoms with Crippen LogP contribution in [0.1, 0.15) is 31.3 Å². The van der Waals surface area contributed by atoms with Gasteiger partial charge in [-0.25, -0.2) is 0 Å². The van der Waals surface area contributed by atoms with E-state index in [1.807, 2.05) is 0 Å². The van der Waals surface area contributed by atoms with E-state index in [-0.39, 0.29) is 5.54 Å². The number of hydrogen-bond acceptors (Lipinski definition) is 5. The third-order valence-corrected chi connectivity index (χ3v) is 5.53. The Labute approximate surface area is 124 Å². The van der Waals surface area contributed by atoms with Crippen LogP contribution in [-0.2, 0) is 6.54 Å². The Kier molecular flexibility index (Phi) is 4.21. The predicted molar refractivity (Wildman–Crippen MR) is 82.3 cm³/mol. The lowest BCUT2D eigenvalue weighted by molar-refractivity contribution is 0.423. The van der Waals surface area contributed by atoms with Gasteiger partial charge in [0.05, 0.1) is 15.2 Å². The molecular weight excluding hydrogens is 330 g/mol. The Balaban J connectivity index is 2.11. The second kappa shape index (κ2) is 5.36. The zero-order chi connectivity index (χ0) is 13.3. The van der Waals surface area contributed by atoms with Crippen molar-refractivity contribution in [2.24, 2.45) is 0 Å². The van der Waals surface area contributed by atoms with Crippen molar-refractivity contribution in [3.63, 3.8) is 0 Å². The highest BCUT2D eigenvalue weighted by atomic mass is 79.9. The third kappa shape index (κ3) is 3.60. The average molecular weight is 346 g/mol. The number of halogens is 1. The lowest BCUT2D eigenvalue weighted by Crippen LogP contribution is -2.35. The number of thiophene rings is 1. The molecule has 0 aliphatic rings. The van der Waals surface area contributed by atoms with Crippen LogP contribution in [0.25, 0.3) is 9.88 Å². The topological polar surface area (TPSA) is 37.8 Å². The Morgan fingerprint density at radius 3 is 2.56 bits per heavy atom. The van der Waals surface area contributed by atoms with E-state index < -0.39 is 0 Å². The van der Waals surface area contributed by atoms with E-state index in [4.69, 9.17) is 0 Å². The van der Waals surface area contributed by atoms with Crippen molar-refractivity contribution in [3.8, 4) is 9.88 Å². The van der Waals surface area contributed by atoms with Gasteiger partial charge >= 0.3 is 0 Å². The molecule has 18 heavy (non-hydrogen) atoms. The molecule has 0 unspecified atom stereocenters.